The molecule has 2 saturated heterocycles. The molecule has 4 heterocycles. The van der Waals surface area contributed by atoms with Crippen LogP contribution in [0.5, 0.6) is 5.75 Å². The van der Waals surface area contributed by atoms with Crippen molar-refractivity contribution in [1.82, 2.24) is 14.7 Å². The minimum Gasteiger partial charge on any atom is -0.486 e. The van der Waals surface area contributed by atoms with Gasteiger partial charge in [-0.05, 0) is 36.3 Å². The summed E-state index contributed by atoms with van der Waals surface area (Å²) in [5.74, 6) is 1.28. The third-order valence-corrected chi connectivity index (χ3v) is 6.62. The van der Waals surface area contributed by atoms with Gasteiger partial charge in [-0.1, -0.05) is 24.3 Å². The SMILES string of the molecule is O=C(N1CCC1)N1CCC(COc2coc(CN3Cc4ccccc4C3)cc2=O)CC1. The Kier molecular flexibility index (Phi) is 5.68. The zero-order valence-electron chi connectivity index (χ0n) is 17.8. The maximum absolute atomic E-state index is 12.5. The van der Waals surface area contributed by atoms with Gasteiger partial charge in [0.1, 0.15) is 12.0 Å². The van der Waals surface area contributed by atoms with Crippen LogP contribution in [0.15, 0.2) is 45.8 Å². The quantitative estimate of drug-likeness (QED) is 0.740. The van der Waals surface area contributed by atoms with Gasteiger partial charge in [-0.15, -0.1) is 0 Å². The fourth-order valence-corrected chi connectivity index (χ4v) is 4.57. The van der Waals surface area contributed by atoms with Crippen molar-refractivity contribution in [3.05, 3.63) is 63.7 Å². The van der Waals surface area contributed by atoms with E-state index in [0.29, 0.717) is 24.8 Å². The first-order valence-electron chi connectivity index (χ1n) is 11.2. The van der Waals surface area contributed by atoms with Crippen molar-refractivity contribution >= 4 is 6.03 Å². The Bertz CT molecular complexity index is 967. The number of likely N-dealkylation sites (tertiary alicyclic amines) is 2. The van der Waals surface area contributed by atoms with Crippen molar-refractivity contribution in [2.24, 2.45) is 5.92 Å². The number of benzene rings is 1. The molecule has 5 rings (SSSR count). The first-order chi connectivity index (χ1) is 15.2. The molecule has 3 aliphatic heterocycles. The fourth-order valence-electron chi connectivity index (χ4n) is 4.57. The Hall–Kier alpha value is -2.80. The summed E-state index contributed by atoms with van der Waals surface area (Å²) < 4.78 is 11.5. The van der Waals surface area contributed by atoms with E-state index in [-0.39, 0.29) is 17.2 Å². The van der Waals surface area contributed by atoms with Crippen LogP contribution in [0.1, 0.15) is 36.1 Å². The van der Waals surface area contributed by atoms with E-state index in [2.05, 4.69) is 29.2 Å². The number of ether oxygens (including phenoxy) is 1. The maximum Gasteiger partial charge on any atom is 0.319 e. The molecule has 1 aromatic carbocycles. The summed E-state index contributed by atoms with van der Waals surface area (Å²) in [6.45, 7) is 6.13. The molecule has 0 spiro atoms. The minimum atomic E-state index is -0.136. The normalized spacial score (nSPS) is 19.2. The molecule has 2 amide bonds. The predicted octanol–water partition coefficient (Wildman–Crippen LogP) is 3.07. The van der Waals surface area contributed by atoms with Gasteiger partial charge in [-0.2, -0.15) is 0 Å². The lowest BCUT2D eigenvalue weighted by atomic mass is 9.98. The number of urea groups is 1. The molecule has 0 N–H and O–H groups in total. The van der Waals surface area contributed by atoms with Gasteiger partial charge in [-0.3, -0.25) is 9.69 Å². The average Bonchev–Trinajstić information content (AvgIpc) is 3.14. The van der Waals surface area contributed by atoms with Crippen molar-refractivity contribution in [2.75, 3.05) is 32.8 Å². The van der Waals surface area contributed by atoms with Crippen LogP contribution in [-0.2, 0) is 19.6 Å². The lowest BCUT2D eigenvalue weighted by molar-refractivity contribution is 0.101. The molecule has 1 aromatic heterocycles. The van der Waals surface area contributed by atoms with E-state index in [1.165, 1.54) is 17.4 Å². The van der Waals surface area contributed by atoms with Crippen molar-refractivity contribution < 1.29 is 13.9 Å². The van der Waals surface area contributed by atoms with E-state index in [9.17, 15) is 9.59 Å². The van der Waals surface area contributed by atoms with Crippen molar-refractivity contribution in [3.63, 3.8) is 0 Å². The van der Waals surface area contributed by atoms with E-state index in [4.69, 9.17) is 9.15 Å². The first-order valence-corrected chi connectivity index (χ1v) is 11.2. The number of hydrogen-bond acceptors (Lipinski definition) is 5. The molecule has 0 bridgehead atoms. The van der Waals surface area contributed by atoms with E-state index in [1.807, 2.05) is 9.80 Å². The van der Waals surface area contributed by atoms with Crippen molar-refractivity contribution in [1.29, 1.82) is 0 Å². The van der Waals surface area contributed by atoms with Crippen LogP contribution in [0.2, 0.25) is 0 Å². The summed E-state index contributed by atoms with van der Waals surface area (Å²) in [4.78, 5) is 30.9. The van der Waals surface area contributed by atoms with E-state index in [1.54, 1.807) is 6.07 Å². The molecular formula is C24H29N3O4. The summed E-state index contributed by atoms with van der Waals surface area (Å²) in [5, 5.41) is 0. The van der Waals surface area contributed by atoms with Crippen LogP contribution in [0.3, 0.4) is 0 Å². The number of carbonyl (C=O) groups excluding carboxylic acids is 1. The topological polar surface area (TPSA) is 66.2 Å². The minimum absolute atomic E-state index is 0.136. The second-order valence-electron chi connectivity index (χ2n) is 8.85. The Labute approximate surface area is 182 Å². The van der Waals surface area contributed by atoms with Gasteiger partial charge in [-0.25, -0.2) is 4.79 Å². The van der Waals surface area contributed by atoms with Crippen LogP contribution in [0.25, 0.3) is 0 Å². The molecule has 7 heteroatoms. The van der Waals surface area contributed by atoms with Gasteiger partial charge in [0.15, 0.2) is 0 Å². The Morgan fingerprint density at radius 3 is 2.32 bits per heavy atom. The number of amides is 2. The second kappa shape index (κ2) is 8.75. The van der Waals surface area contributed by atoms with Crippen LogP contribution >= 0.6 is 0 Å². The summed E-state index contributed by atoms with van der Waals surface area (Å²) in [5.41, 5.74) is 2.54. The van der Waals surface area contributed by atoms with Crippen LogP contribution < -0.4 is 10.2 Å². The highest BCUT2D eigenvalue weighted by Crippen LogP contribution is 2.24. The molecule has 3 aliphatic rings. The zero-order valence-corrected chi connectivity index (χ0v) is 17.8. The number of fused-ring (bicyclic) bond motifs is 1. The predicted molar refractivity (Wildman–Crippen MR) is 116 cm³/mol. The molecule has 31 heavy (non-hydrogen) atoms. The lowest BCUT2D eigenvalue weighted by Gasteiger charge is -2.39. The van der Waals surface area contributed by atoms with Crippen molar-refractivity contribution in [2.45, 2.75) is 38.9 Å². The van der Waals surface area contributed by atoms with E-state index in [0.717, 1.165) is 58.5 Å². The highest BCUT2D eigenvalue weighted by atomic mass is 16.5. The van der Waals surface area contributed by atoms with Gasteiger partial charge < -0.3 is 19.0 Å². The Morgan fingerprint density at radius 1 is 1.03 bits per heavy atom. The number of piperidine rings is 1. The maximum atomic E-state index is 12.5. The average molecular weight is 424 g/mol. The van der Waals surface area contributed by atoms with Crippen molar-refractivity contribution in [3.8, 4) is 5.75 Å². The van der Waals surface area contributed by atoms with Crippen LogP contribution in [0.4, 0.5) is 4.79 Å². The number of hydrogen-bond donors (Lipinski definition) is 0. The summed E-state index contributed by atoms with van der Waals surface area (Å²) in [7, 11) is 0. The molecule has 7 nitrogen and oxygen atoms in total. The van der Waals surface area contributed by atoms with Crippen LogP contribution in [0, 0.1) is 5.92 Å². The second-order valence-corrected chi connectivity index (χ2v) is 8.85. The molecule has 2 aromatic rings. The van der Waals surface area contributed by atoms with Crippen LogP contribution in [-0.4, -0.2) is 53.5 Å². The molecular weight excluding hydrogens is 394 g/mol. The van der Waals surface area contributed by atoms with Gasteiger partial charge in [0.25, 0.3) is 0 Å². The Morgan fingerprint density at radius 2 is 1.71 bits per heavy atom. The van der Waals surface area contributed by atoms with E-state index < -0.39 is 0 Å². The monoisotopic (exact) mass is 423 g/mol. The third-order valence-electron chi connectivity index (χ3n) is 6.62. The number of rotatable bonds is 5. The van der Waals surface area contributed by atoms with Gasteiger partial charge in [0, 0.05) is 45.3 Å². The molecule has 0 radical (unpaired) electrons. The molecule has 0 saturated carbocycles. The lowest BCUT2D eigenvalue weighted by Crippen LogP contribution is -2.52. The first kappa shape index (κ1) is 20.1. The summed E-state index contributed by atoms with van der Waals surface area (Å²) in [6.07, 6.45) is 4.36. The largest absolute Gasteiger partial charge is 0.486 e. The smallest absolute Gasteiger partial charge is 0.319 e. The highest BCUT2D eigenvalue weighted by Gasteiger charge is 2.29. The molecule has 0 aliphatic carbocycles. The molecule has 0 unspecified atom stereocenters. The molecule has 0 atom stereocenters. The molecule has 164 valence electrons. The van der Waals surface area contributed by atoms with Gasteiger partial charge in [0.05, 0.1) is 13.2 Å². The Balaban J connectivity index is 1.09. The van der Waals surface area contributed by atoms with Gasteiger partial charge >= 0.3 is 6.03 Å². The standard InChI is InChI=1S/C24H29N3O4/c28-22-12-21(15-25-13-19-4-1-2-5-20(19)14-25)30-17-23(22)31-16-18-6-10-27(11-7-18)24(29)26-8-3-9-26/h1-2,4-5,12,17-18H,3,6-11,13-16H2. The summed E-state index contributed by atoms with van der Waals surface area (Å²) >= 11 is 0. The third kappa shape index (κ3) is 4.46. The number of nitrogens with zero attached hydrogens (tertiary/aromatic N) is 3. The highest BCUT2D eigenvalue weighted by molar-refractivity contribution is 5.75. The fraction of sp³-hybridized carbons (Fsp3) is 0.500. The van der Waals surface area contributed by atoms with Gasteiger partial charge in [0.2, 0.25) is 11.2 Å². The molecule has 2 fully saturated rings. The van der Waals surface area contributed by atoms with E-state index >= 15 is 0 Å². The number of carbonyl (C=O) groups is 1. The zero-order chi connectivity index (χ0) is 21.2. The summed E-state index contributed by atoms with van der Waals surface area (Å²) in [6, 6.07) is 10.1.